The minimum Gasteiger partial charge on any atom is -0.324 e. The van der Waals surface area contributed by atoms with Gasteiger partial charge < -0.3 is 5.32 Å². The molecule has 0 saturated heterocycles. The maximum Gasteiger partial charge on any atom is 0.251 e. The number of pyridine rings is 1. The summed E-state index contributed by atoms with van der Waals surface area (Å²) in [5.41, 5.74) is 3.26. The van der Waals surface area contributed by atoms with Crippen molar-refractivity contribution in [1.29, 1.82) is 0 Å². The number of carbonyl (C=O) groups is 1. The van der Waals surface area contributed by atoms with E-state index in [9.17, 15) is 9.59 Å². The van der Waals surface area contributed by atoms with Crippen molar-refractivity contribution >= 4 is 34.3 Å². The van der Waals surface area contributed by atoms with E-state index in [0.29, 0.717) is 0 Å². The van der Waals surface area contributed by atoms with E-state index in [0.717, 1.165) is 37.5 Å². The fraction of sp³-hybridized carbons (Fsp3) is 0.120. The largest absolute Gasteiger partial charge is 0.324 e. The number of nitrogens with zero attached hydrogens (tertiary/aromatic N) is 1. The minimum absolute atomic E-state index is 0.0369. The maximum atomic E-state index is 12.9. The minimum atomic E-state index is -0.230. The van der Waals surface area contributed by atoms with Crippen LogP contribution in [0.4, 0.5) is 5.69 Å². The number of carbonyl (C=O) groups excluding carboxylic acids is 1. The Hall–Kier alpha value is -3.31. The van der Waals surface area contributed by atoms with Gasteiger partial charge in [-0.3, -0.25) is 14.2 Å². The highest BCUT2D eigenvalue weighted by molar-refractivity contribution is 7.99. The summed E-state index contributed by atoms with van der Waals surface area (Å²) in [6, 6.07) is 25.2. The fourth-order valence-corrected chi connectivity index (χ4v) is 4.47. The van der Waals surface area contributed by atoms with Gasteiger partial charge >= 0.3 is 0 Å². The smallest absolute Gasteiger partial charge is 0.251 e. The standard InChI is InChI=1S/C25H22N2O2S/c1-17-9-8-12-20-18(2)15-24(29)27(25(17)20)16-23(28)26-21-13-6-7-14-22(21)30-19-10-4-3-5-11-19/h3-15H,16H2,1-2H3,(H,26,28). The van der Waals surface area contributed by atoms with E-state index in [2.05, 4.69) is 5.32 Å². The van der Waals surface area contributed by atoms with Crippen LogP contribution in [-0.4, -0.2) is 10.5 Å². The van der Waals surface area contributed by atoms with Crippen LogP contribution in [0, 0.1) is 13.8 Å². The zero-order chi connectivity index (χ0) is 21.1. The number of para-hydroxylation sites is 2. The van der Waals surface area contributed by atoms with Gasteiger partial charge in [0, 0.05) is 21.2 Å². The average Bonchev–Trinajstić information content (AvgIpc) is 2.73. The highest BCUT2D eigenvalue weighted by Gasteiger charge is 2.13. The van der Waals surface area contributed by atoms with Gasteiger partial charge in [-0.15, -0.1) is 0 Å². The quantitative estimate of drug-likeness (QED) is 0.475. The molecule has 0 unspecified atom stereocenters. The molecular weight excluding hydrogens is 392 g/mol. The molecule has 3 aromatic carbocycles. The molecule has 1 N–H and O–H groups in total. The Kier molecular flexibility index (Phi) is 5.72. The molecule has 5 heteroatoms. The van der Waals surface area contributed by atoms with Crippen molar-refractivity contribution < 1.29 is 4.79 Å². The zero-order valence-corrected chi connectivity index (χ0v) is 17.7. The molecule has 4 nitrogen and oxygen atoms in total. The molecule has 0 fully saturated rings. The maximum absolute atomic E-state index is 12.9. The molecule has 0 saturated carbocycles. The summed E-state index contributed by atoms with van der Waals surface area (Å²) in [5, 5.41) is 3.97. The number of rotatable bonds is 5. The van der Waals surface area contributed by atoms with E-state index in [4.69, 9.17) is 0 Å². The number of anilines is 1. The molecule has 1 heterocycles. The van der Waals surface area contributed by atoms with Gasteiger partial charge in [-0.2, -0.15) is 0 Å². The summed E-state index contributed by atoms with van der Waals surface area (Å²) in [6.45, 7) is 3.84. The number of aromatic nitrogens is 1. The van der Waals surface area contributed by atoms with Gasteiger partial charge in [-0.1, -0.05) is 60.3 Å². The normalized spacial score (nSPS) is 10.9. The SMILES string of the molecule is Cc1cc(=O)n(CC(=O)Nc2ccccc2Sc2ccccc2)c2c(C)cccc12. The molecule has 30 heavy (non-hydrogen) atoms. The highest BCUT2D eigenvalue weighted by atomic mass is 32.2. The first-order valence-electron chi connectivity index (χ1n) is 9.74. The third-order valence-corrected chi connectivity index (χ3v) is 6.06. The van der Waals surface area contributed by atoms with Crippen molar-refractivity contribution in [3.8, 4) is 0 Å². The van der Waals surface area contributed by atoms with Crippen LogP contribution >= 0.6 is 11.8 Å². The second-order valence-corrected chi connectivity index (χ2v) is 8.30. The van der Waals surface area contributed by atoms with Crippen molar-refractivity contribution in [1.82, 2.24) is 4.57 Å². The molecule has 0 spiro atoms. The number of aryl methyl sites for hydroxylation is 2. The van der Waals surface area contributed by atoms with Crippen LogP contribution in [0.15, 0.2) is 93.4 Å². The lowest BCUT2D eigenvalue weighted by atomic mass is 10.1. The number of hydrogen-bond donors (Lipinski definition) is 1. The van der Waals surface area contributed by atoms with E-state index in [1.165, 1.54) is 0 Å². The van der Waals surface area contributed by atoms with Crippen LogP contribution < -0.4 is 10.9 Å². The molecule has 0 aliphatic carbocycles. The Bertz CT molecular complexity index is 1280. The summed E-state index contributed by atoms with van der Waals surface area (Å²) >= 11 is 1.59. The van der Waals surface area contributed by atoms with Crippen LogP contribution in [-0.2, 0) is 11.3 Å². The van der Waals surface area contributed by atoms with Gasteiger partial charge in [0.05, 0.1) is 11.2 Å². The first kappa shape index (κ1) is 20.0. The summed E-state index contributed by atoms with van der Waals surface area (Å²) < 4.78 is 1.56. The Morgan fingerprint density at radius 3 is 2.43 bits per heavy atom. The van der Waals surface area contributed by atoms with Gasteiger partial charge in [-0.25, -0.2) is 0 Å². The number of hydrogen-bond acceptors (Lipinski definition) is 3. The second kappa shape index (κ2) is 8.59. The summed E-state index contributed by atoms with van der Waals surface area (Å²) in [6.07, 6.45) is 0. The van der Waals surface area contributed by atoms with E-state index >= 15 is 0 Å². The third kappa shape index (κ3) is 4.16. The predicted molar refractivity (Wildman–Crippen MR) is 123 cm³/mol. The predicted octanol–water partition coefficient (Wildman–Crippen LogP) is 5.41. The fourth-order valence-electron chi connectivity index (χ4n) is 3.55. The summed E-state index contributed by atoms with van der Waals surface area (Å²) in [5.74, 6) is -0.230. The molecule has 150 valence electrons. The zero-order valence-electron chi connectivity index (χ0n) is 16.9. The molecule has 0 aliphatic heterocycles. The van der Waals surface area contributed by atoms with Gasteiger partial charge in [0.25, 0.3) is 5.56 Å². The van der Waals surface area contributed by atoms with Gasteiger partial charge in [0.15, 0.2) is 0 Å². The molecule has 4 rings (SSSR count). The molecule has 4 aromatic rings. The lowest BCUT2D eigenvalue weighted by Gasteiger charge is -2.15. The second-order valence-electron chi connectivity index (χ2n) is 7.18. The average molecular weight is 415 g/mol. The molecular formula is C25H22N2O2S. The van der Waals surface area contributed by atoms with Crippen LogP contribution in [0.1, 0.15) is 11.1 Å². The number of nitrogens with one attached hydrogen (secondary N) is 1. The molecule has 1 aromatic heterocycles. The lowest BCUT2D eigenvalue weighted by Crippen LogP contribution is -2.28. The van der Waals surface area contributed by atoms with Gasteiger partial charge in [-0.05, 0) is 49.2 Å². The van der Waals surface area contributed by atoms with E-state index in [1.807, 2.05) is 86.6 Å². The highest BCUT2D eigenvalue weighted by Crippen LogP contribution is 2.33. The summed E-state index contributed by atoms with van der Waals surface area (Å²) in [7, 11) is 0. The lowest BCUT2D eigenvalue weighted by molar-refractivity contribution is -0.116. The number of fused-ring (bicyclic) bond motifs is 1. The first-order chi connectivity index (χ1) is 14.5. The van der Waals surface area contributed by atoms with Crippen molar-refractivity contribution in [2.75, 3.05) is 5.32 Å². The molecule has 1 amide bonds. The van der Waals surface area contributed by atoms with E-state index < -0.39 is 0 Å². The Labute approximate surface area is 179 Å². The van der Waals surface area contributed by atoms with Crippen LogP contribution in [0.5, 0.6) is 0 Å². The first-order valence-corrected chi connectivity index (χ1v) is 10.6. The van der Waals surface area contributed by atoms with E-state index in [1.54, 1.807) is 22.4 Å². The number of amides is 1. The third-order valence-electron chi connectivity index (χ3n) is 4.97. The Balaban J connectivity index is 1.62. The van der Waals surface area contributed by atoms with Crippen molar-refractivity contribution in [3.05, 3.63) is 100 Å². The van der Waals surface area contributed by atoms with Crippen LogP contribution in [0.3, 0.4) is 0 Å². The van der Waals surface area contributed by atoms with Crippen molar-refractivity contribution in [2.45, 2.75) is 30.2 Å². The Morgan fingerprint density at radius 2 is 1.63 bits per heavy atom. The number of benzene rings is 3. The summed E-state index contributed by atoms with van der Waals surface area (Å²) in [4.78, 5) is 27.6. The molecule has 0 radical (unpaired) electrons. The monoisotopic (exact) mass is 414 g/mol. The van der Waals surface area contributed by atoms with Crippen molar-refractivity contribution in [2.24, 2.45) is 0 Å². The Morgan fingerprint density at radius 1 is 0.900 bits per heavy atom. The van der Waals surface area contributed by atoms with Gasteiger partial charge in [0.1, 0.15) is 6.54 Å². The van der Waals surface area contributed by atoms with Crippen LogP contribution in [0.2, 0.25) is 0 Å². The van der Waals surface area contributed by atoms with Gasteiger partial charge in [0.2, 0.25) is 5.91 Å². The molecule has 0 aliphatic rings. The van der Waals surface area contributed by atoms with E-state index in [-0.39, 0.29) is 18.0 Å². The molecule has 0 atom stereocenters. The topological polar surface area (TPSA) is 51.1 Å². The van der Waals surface area contributed by atoms with Crippen molar-refractivity contribution in [3.63, 3.8) is 0 Å². The molecule has 0 bridgehead atoms. The van der Waals surface area contributed by atoms with Crippen LogP contribution in [0.25, 0.3) is 10.9 Å².